The minimum atomic E-state index is -0.998. The Morgan fingerprint density at radius 3 is 2.80 bits per heavy atom. The summed E-state index contributed by atoms with van der Waals surface area (Å²) in [5.41, 5.74) is 0. The highest BCUT2D eigenvalue weighted by Gasteiger charge is 2.08. The summed E-state index contributed by atoms with van der Waals surface area (Å²) in [5.74, 6) is 0.229. The summed E-state index contributed by atoms with van der Waals surface area (Å²) in [4.78, 5) is 10.5. The van der Waals surface area contributed by atoms with E-state index in [-0.39, 0.29) is 0 Å². The van der Waals surface area contributed by atoms with E-state index >= 15 is 0 Å². The Kier molecular flexibility index (Phi) is 5.43. The molecule has 60 valence electrons. The summed E-state index contributed by atoms with van der Waals surface area (Å²) in [6.07, 6.45) is 0.929. The van der Waals surface area contributed by atoms with Crippen LogP contribution < -0.4 is 0 Å². The number of rotatable bonds is 4. The van der Waals surface area contributed by atoms with E-state index in [4.69, 9.17) is 5.11 Å². The van der Waals surface area contributed by atoms with Crippen molar-refractivity contribution in [1.29, 1.82) is 0 Å². The van der Waals surface area contributed by atoms with E-state index in [1.807, 2.05) is 6.26 Å². The largest absolute Gasteiger partial charge is 0.463 e. The van der Waals surface area contributed by atoms with Crippen LogP contribution in [0.1, 0.15) is 6.92 Å². The number of carbonyl (C=O) groups excluding carboxylic acids is 1. The average molecular weight is 164 g/mol. The zero-order valence-corrected chi connectivity index (χ0v) is 6.98. The molecule has 1 N–H and O–H groups in total. The SMILES string of the molecule is CSCCOC(=O)[C@@H](C)O. The van der Waals surface area contributed by atoms with Gasteiger partial charge in [-0.15, -0.1) is 0 Å². The van der Waals surface area contributed by atoms with E-state index in [9.17, 15) is 4.79 Å². The molecule has 0 aliphatic heterocycles. The standard InChI is InChI=1S/C6H12O3S/c1-5(7)6(8)9-3-4-10-2/h5,7H,3-4H2,1-2H3/t5-/m1/s1. The van der Waals surface area contributed by atoms with Crippen molar-refractivity contribution in [1.82, 2.24) is 0 Å². The maximum Gasteiger partial charge on any atom is 0.334 e. The summed E-state index contributed by atoms with van der Waals surface area (Å²) in [6, 6.07) is 0. The van der Waals surface area contributed by atoms with Crippen LogP contribution in [0.15, 0.2) is 0 Å². The highest BCUT2D eigenvalue weighted by molar-refractivity contribution is 7.98. The molecule has 0 aliphatic rings. The van der Waals surface area contributed by atoms with Crippen LogP contribution in [-0.2, 0) is 9.53 Å². The van der Waals surface area contributed by atoms with Crippen molar-refractivity contribution < 1.29 is 14.6 Å². The van der Waals surface area contributed by atoms with E-state index in [0.29, 0.717) is 6.61 Å². The van der Waals surface area contributed by atoms with Crippen LogP contribution in [0.25, 0.3) is 0 Å². The number of ether oxygens (including phenoxy) is 1. The molecule has 0 saturated heterocycles. The number of esters is 1. The van der Waals surface area contributed by atoms with Gasteiger partial charge in [-0.3, -0.25) is 0 Å². The molecule has 3 nitrogen and oxygen atoms in total. The molecule has 0 fully saturated rings. The van der Waals surface area contributed by atoms with Gasteiger partial charge < -0.3 is 9.84 Å². The average Bonchev–Trinajstić information content (AvgIpc) is 1.88. The van der Waals surface area contributed by atoms with E-state index in [1.165, 1.54) is 6.92 Å². The molecule has 0 saturated carbocycles. The summed E-state index contributed by atoms with van der Waals surface area (Å²) in [5, 5.41) is 8.64. The topological polar surface area (TPSA) is 46.5 Å². The van der Waals surface area contributed by atoms with Crippen molar-refractivity contribution >= 4 is 17.7 Å². The number of aliphatic hydroxyl groups excluding tert-OH is 1. The van der Waals surface area contributed by atoms with Gasteiger partial charge in [0.05, 0.1) is 0 Å². The third-order valence-electron chi connectivity index (χ3n) is 0.873. The molecule has 1 atom stereocenters. The number of thioether (sulfide) groups is 1. The van der Waals surface area contributed by atoms with E-state index in [2.05, 4.69) is 4.74 Å². The summed E-state index contributed by atoms with van der Waals surface area (Å²) in [6.45, 7) is 1.77. The lowest BCUT2D eigenvalue weighted by Gasteiger charge is -2.04. The Labute approximate surface area is 64.8 Å². The first-order valence-electron chi connectivity index (χ1n) is 3.02. The van der Waals surface area contributed by atoms with Crippen molar-refractivity contribution in [2.45, 2.75) is 13.0 Å². The molecule has 0 bridgehead atoms. The summed E-state index contributed by atoms with van der Waals surface area (Å²) < 4.78 is 4.63. The van der Waals surface area contributed by atoms with Gasteiger partial charge in [-0.25, -0.2) is 4.79 Å². The molecule has 4 heteroatoms. The molecular weight excluding hydrogens is 152 g/mol. The Balaban J connectivity index is 3.22. The number of aliphatic hydroxyl groups is 1. The summed E-state index contributed by atoms with van der Waals surface area (Å²) in [7, 11) is 0. The first kappa shape index (κ1) is 9.78. The number of hydrogen-bond acceptors (Lipinski definition) is 4. The normalized spacial score (nSPS) is 12.7. The van der Waals surface area contributed by atoms with Gasteiger partial charge in [-0.05, 0) is 13.2 Å². The molecule has 0 radical (unpaired) electrons. The van der Waals surface area contributed by atoms with Crippen LogP contribution in [0, 0.1) is 0 Å². The van der Waals surface area contributed by atoms with E-state index in [1.54, 1.807) is 11.8 Å². The van der Waals surface area contributed by atoms with Crippen molar-refractivity contribution in [3.8, 4) is 0 Å². The lowest BCUT2D eigenvalue weighted by Crippen LogP contribution is -2.20. The first-order valence-corrected chi connectivity index (χ1v) is 4.41. The monoisotopic (exact) mass is 164 g/mol. The smallest absolute Gasteiger partial charge is 0.334 e. The molecule has 0 amide bonds. The van der Waals surface area contributed by atoms with Crippen LogP contribution in [0.5, 0.6) is 0 Å². The quantitative estimate of drug-likeness (QED) is 0.478. The Hall–Kier alpha value is -0.220. The molecule has 10 heavy (non-hydrogen) atoms. The third kappa shape index (κ3) is 4.64. The second-order valence-corrected chi connectivity index (χ2v) is 2.82. The molecule has 0 heterocycles. The van der Waals surface area contributed by atoms with Crippen LogP contribution in [0.3, 0.4) is 0 Å². The van der Waals surface area contributed by atoms with Gasteiger partial charge in [0.1, 0.15) is 12.7 Å². The fourth-order valence-electron chi connectivity index (χ4n) is 0.346. The van der Waals surface area contributed by atoms with Crippen molar-refractivity contribution in [3.63, 3.8) is 0 Å². The van der Waals surface area contributed by atoms with Gasteiger partial charge in [0.2, 0.25) is 0 Å². The van der Waals surface area contributed by atoms with Gasteiger partial charge in [-0.1, -0.05) is 0 Å². The summed E-state index contributed by atoms with van der Waals surface area (Å²) >= 11 is 1.60. The Morgan fingerprint density at radius 1 is 1.80 bits per heavy atom. The highest BCUT2D eigenvalue weighted by Crippen LogP contribution is 1.92. The van der Waals surface area contributed by atoms with Crippen LogP contribution in [0.2, 0.25) is 0 Å². The van der Waals surface area contributed by atoms with Crippen molar-refractivity contribution in [3.05, 3.63) is 0 Å². The minimum Gasteiger partial charge on any atom is -0.463 e. The van der Waals surface area contributed by atoms with Gasteiger partial charge >= 0.3 is 5.97 Å². The molecule has 0 spiro atoms. The van der Waals surface area contributed by atoms with E-state index < -0.39 is 12.1 Å². The molecule has 0 aromatic rings. The minimum absolute atomic E-state index is 0.380. The van der Waals surface area contributed by atoms with Gasteiger partial charge in [-0.2, -0.15) is 11.8 Å². The zero-order valence-electron chi connectivity index (χ0n) is 6.16. The zero-order chi connectivity index (χ0) is 7.98. The molecule has 0 unspecified atom stereocenters. The maximum atomic E-state index is 10.5. The molecule has 0 aromatic carbocycles. The Morgan fingerprint density at radius 2 is 2.40 bits per heavy atom. The Bertz CT molecular complexity index is 103. The lowest BCUT2D eigenvalue weighted by atomic mass is 10.4. The van der Waals surface area contributed by atoms with Gasteiger partial charge in [0.15, 0.2) is 0 Å². The van der Waals surface area contributed by atoms with E-state index in [0.717, 1.165) is 5.75 Å². The van der Waals surface area contributed by atoms with Gasteiger partial charge in [0.25, 0.3) is 0 Å². The number of carbonyl (C=O) groups is 1. The molecule has 0 aromatic heterocycles. The van der Waals surface area contributed by atoms with Crippen LogP contribution >= 0.6 is 11.8 Å². The molecule has 0 rings (SSSR count). The predicted octanol–water partition coefficient (Wildman–Crippen LogP) is 0.273. The second kappa shape index (κ2) is 5.56. The van der Waals surface area contributed by atoms with Gasteiger partial charge in [0, 0.05) is 5.75 Å². The highest BCUT2D eigenvalue weighted by atomic mass is 32.2. The second-order valence-electron chi connectivity index (χ2n) is 1.84. The fourth-order valence-corrected chi connectivity index (χ4v) is 0.596. The fraction of sp³-hybridized carbons (Fsp3) is 0.833. The molecular formula is C6H12O3S. The van der Waals surface area contributed by atoms with Crippen LogP contribution in [-0.4, -0.2) is 35.8 Å². The predicted molar refractivity (Wildman–Crippen MR) is 41.0 cm³/mol. The third-order valence-corrected chi connectivity index (χ3v) is 1.45. The lowest BCUT2D eigenvalue weighted by molar-refractivity contribution is -0.151. The maximum absolute atomic E-state index is 10.5. The van der Waals surface area contributed by atoms with Crippen molar-refractivity contribution in [2.75, 3.05) is 18.6 Å². The van der Waals surface area contributed by atoms with Crippen LogP contribution in [0.4, 0.5) is 0 Å². The van der Waals surface area contributed by atoms with Crippen molar-refractivity contribution in [2.24, 2.45) is 0 Å². The first-order chi connectivity index (χ1) is 4.68. The number of hydrogen-bond donors (Lipinski definition) is 1. The molecule has 0 aliphatic carbocycles.